The summed E-state index contributed by atoms with van der Waals surface area (Å²) in [5.74, 6) is 1.31. The van der Waals surface area contributed by atoms with Gasteiger partial charge in [0.05, 0.1) is 6.04 Å². The van der Waals surface area contributed by atoms with Gasteiger partial charge in [-0.05, 0) is 23.7 Å². The van der Waals surface area contributed by atoms with Gasteiger partial charge in [0.2, 0.25) is 5.91 Å². The quantitative estimate of drug-likeness (QED) is 0.742. The third kappa shape index (κ3) is 3.21. The second-order valence-electron chi connectivity index (χ2n) is 6.53. The molecule has 0 bridgehead atoms. The van der Waals surface area contributed by atoms with Gasteiger partial charge < -0.3 is 10.6 Å². The summed E-state index contributed by atoms with van der Waals surface area (Å²) in [4.78, 5) is 14.2. The van der Waals surface area contributed by atoms with Crippen LogP contribution in [0.2, 0.25) is 0 Å². The van der Waals surface area contributed by atoms with Gasteiger partial charge in [0, 0.05) is 13.1 Å². The molecular formula is C13H26N2O. The molecule has 1 fully saturated rings. The Bertz CT molecular complexity index is 247. The molecule has 3 unspecified atom stereocenters. The number of hydrogen-bond donors (Lipinski definition) is 1. The Balaban J connectivity index is 2.67. The van der Waals surface area contributed by atoms with Gasteiger partial charge in [-0.3, -0.25) is 4.79 Å². The molecule has 3 atom stereocenters. The SMILES string of the molecule is CC1CC(C)CN(C(=O)C(N)C(C)(C)C)C1. The van der Waals surface area contributed by atoms with Crippen LogP contribution in [0.4, 0.5) is 0 Å². The molecule has 0 aromatic rings. The number of rotatable bonds is 1. The molecule has 1 aliphatic rings. The fourth-order valence-corrected chi connectivity index (χ4v) is 2.41. The summed E-state index contributed by atoms with van der Waals surface area (Å²) in [5.41, 5.74) is 5.87. The Hall–Kier alpha value is -0.570. The zero-order valence-electron chi connectivity index (χ0n) is 11.3. The van der Waals surface area contributed by atoms with Crippen LogP contribution in [0.1, 0.15) is 41.0 Å². The Kier molecular flexibility index (Phi) is 4.00. The highest BCUT2D eigenvalue weighted by Crippen LogP contribution is 2.24. The molecule has 16 heavy (non-hydrogen) atoms. The monoisotopic (exact) mass is 226 g/mol. The van der Waals surface area contributed by atoms with Crippen molar-refractivity contribution in [3.8, 4) is 0 Å². The van der Waals surface area contributed by atoms with E-state index in [-0.39, 0.29) is 17.4 Å². The molecule has 2 N–H and O–H groups in total. The molecule has 0 aromatic heterocycles. The molecule has 3 nitrogen and oxygen atoms in total. The summed E-state index contributed by atoms with van der Waals surface area (Å²) in [6.45, 7) is 12.2. The summed E-state index contributed by atoms with van der Waals surface area (Å²) in [5, 5.41) is 0. The van der Waals surface area contributed by atoms with Crippen LogP contribution in [-0.2, 0) is 4.79 Å². The number of piperidine rings is 1. The average molecular weight is 226 g/mol. The number of carbonyl (C=O) groups excluding carboxylic acids is 1. The Morgan fingerprint density at radius 3 is 2.06 bits per heavy atom. The molecule has 1 rings (SSSR count). The lowest BCUT2D eigenvalue weighted by molar-refractivity contribution is -0.137. The minimum absolute atomic E-state index is 0.117. The molecule has 0 radical (unpaired) electrons. The van der Waals surface area contributed by atoms with Gasteiger partial charge in [0.1, 0.15) is 0 Å². The average Bonchev–Trinajstić information content (AvgIpc) is 2.12. The van der Waals surface area contributed by atoms with Crippen LogP contribution in [0.3, 0.4) is 0 Å². The predicted octanol–water partition coefficient (Wildman–Crippen LogP) is 1.86. The fourth-order valence-electron chi connectivity index (χ4n) is 2.41. The lowest BCUT2D eigenvalue weighted by atomic mass is 9.85. The van der Waals surface area contributed by atoms with Crippen molar-refractivity contribution < 1.29 is 4.79 Å². The predicted molar refractivity (Wildman–Crippen MR) is 67.0 cm³/mol. The molecule has 0 saturated carbocycles. The summed E-state index contributed by atoms with van der Waals surface area (Å²) < 4.78 is 0. The van der Waals surface area contributed by atoms with E-state index in [0.717, 1.165) is 13.1 Å². The van der Waals surface area contributed by atoms with E-state index in [2.05, 4.69) is 13.8 Å². The number of likely N-dealkylation sites (tertiary alicyclic amines) is 1. The fraction of sp³-hybridized carbons (Fsp3) is 0.923. The summed E-state index contributed by atoms with van der Waals surface area (Å²) in [7, 11) is 0. The van der Waals surface area contributed by atoms with E-state index in [1.807, 2.05) is 25.7 Å². The summed E-state index contributed by atoms with van der Waals surface area (Å²) >= 11 is 0. The second kappa shape index (κ2) is 4.74. The van der Waals surface area contributed by atoms with Crippen molar-refractivity contribution in [1.29, 1.82) is 0 Å². The standard InChI is InChI=1S/C13H26N2O/c1-9-6-10(2)8-15(7-9)12(16)11(14)13(3,4)5/h9-11H,6-8,14H2,1-5H3. The van der Waals surface area contributed by atoms with Gasteiger partial charge in [-0.15, -0.1) is 0 Å². The molecule has 0 aliphatic carbocycles. The smallest absolute Gasteiger partial charge is 0.240 e. The summed E-state index contributed by atoms with van der Waals surface area (Å²) in [6.07, 6.45) is 1.22. The van der Waals surface area contributed by atoms with E-state index >= 15 is 0 Å². The van der Waals surface area contributed by atoms with Crippen molar-refractivity contribution in [2.24, 2.45) is 23.0 Å². The minimum atomic E-state index is -0.384. The van der Waals surface area contributed by atoms with Gasteiger partial charge in [0.25, 0.3) is 0 Å². The van der Waals surface area contributed by atoms with Crippen molar-refractivity contribution in [2.45, 2.75) is 47.1 Å². The lowest BCUT2D eigenvalue weighted by Crippen LogP contribution is -2.53. The summed E-state index contributed by atoms with van der Waals surface area (Å²) in [6, 6.07) is -0.384. The Morgan fingerprint density at radius 2 is 1.69 bits per heavy atom. The van der Waals surface area contributed by atoms with E-state index in [9.17, 15) is 4.79 Å². The maximum Gasteiger partial charge on any atom is 0.240 e. The van der Waals surface area contributed by atoms with Gasteiger partial charge >= 0.3 is 0 Å². The van der Waals surface area contributed by atoms with E-state index in [0.29, 0.717) is 11.8 Å². The van der Waals surface area contributed by atoms with Crippen LogP contribution in [0, 0.1) is 17.3 Å². The van der Waals surface area contributed by atoms with Crippen LogP contribution in [0.25, 0.3) is 0 Å². The highest BCUT2D eigenvalue weighted by Gasteiger charge is 2.33. The van der Waals surface area contributed by atoms with Gasteiger partial charge in [0.15, 0.2) is 0 Å². The normalized spacial score (nSPS) is 29.0. The maximum atomic E-state index is 12.2. The number of hydrogen-bond acceptors (Lipinski definition) is 2. The van der Waals surface area contributed by atoms with Crippen LogP contribution < -0.4 is 5.73 Å². The molecule has 1 amide bonds. The molecule has 3 heteroatoms. The number of amides is 1. The first kappa shape index (κ1) is 13.5. The maximum absolute atomic E-state index is 12.2. The van der Waals surface area contributed by atoms with Crippen molar-refractivity contribution in [2.75, 3.05) is 13.1 Å². The van der Waals surface area contributed by atoms with Gasteiger partial charge in [-0.25, -0.2) is 0 Å². The Morgan fingerprint density at radius 1 is 1.25 bits per heavy atom. The topological polar surface area (TPSA) is 46.3 Å². The van der Waals surface area contributed by atoms with E-state index in [1.165, 1.54) is 6.42 Å². The molecular weight excluding hydrogens is 200 g/mol. The van der Waals surface area contributed by atoms with E-state index in [1.54, 1.807) is 0 Å². The van der Waals surface area contributed by atoms with Crippen molar-refractivity contribution in [1.82, 2.24) is 4.90 Å². The first-order chi connectivity index (χ1) is 7.21. The first-order valence-electron chi connectivity index (χ1n) is 6.26. The van der Waals surface area contributed by atoms with Crippen LogP contribution in [-0.4, -0.2) is 29.9 Å². The lowest BCUT2D eigenvalue weighted by Gasteiger charge is -2.38. The number of nitrogens with two attached hydrogens (primary N) is 1. The molecule has 0 aromatic carbocycles. The van der Waals surface area contributed by atoms with Crippen LogP contribution in [0.15, 0.2) is 0 Å². The van der Waals surface area contributed by atoms with Crippen LogP contribution >= 0.6 is 0 Å². The zero-order chi connectivity index (χ0) is 12.5. The third-order valence-corrected chi connectivity index (χ3v) is 3.38. The van der Waals surface area contributed by atoms with E-state index < -0.39 is 0 Å². The largest absolute Gasteiger partial charge is 0.341 e. The third-order valence-electron chi connectivity index (χ3n) is 3.38. The second-order valence-corrected chi connectivity index (χ2v) is 6.53. The van der Waals surface area contributed by atoms with Crippen LogP contribution in [0.5, 0.6) is 0 Å². The van der Waals surface area contributed by atoms with Gasteiger partial charge in [-0.2, -0.15) is 0 Å². The molecule has 0 spiro atoms. The number of carbonyl (C=O) groups is 1. The van der Waals surface area contributed by atoms with Gasteiger partial charge in [-0.1, -0.05) is 34.6 Å². The van der Waals surface area contributed by atoms with Crippen molar-refractivity contribution >= 4 is 5.91 Å². The molecule has 1 heterocycles. The molecule has 1 aliphatic heterocycles. The molecule has 94 valence electrons. The highest BCUT2D eigenvalue weighted by atomic mass is 16.2. The first-order valence-corrected chi connectivity index (χ1v) is 6.26. The van der Waals surface area contributed by atoms with E-state index in [4.69, 9.17) is 5.73 Å². The minimum Gasteiger partial charge on any atom is -0.341 e. The van der Waals surface area contributed by atoms with Crippen molar-refractivity contribution in [3.63, 3.8) is 0 Å². The number of nitrogens with zero attached hydrogens (tertiary/aromatic N) is 1. The zero-order valence-corrected chi connectivity index (χ0v) is 11.3. The molecule has 1 saturated heterocycles. The highest BCUT2D eigenvalue weighted by molar-refractivity contribution is 5.82. The van der Waals surface area contributed by atoms with Crippen molar-refractivity contribution in [3.05, 3.63) is 0 Å². The Labute approximate surface area is 99.4 Å².